The normalized spacial score (nSPS) is 11.5. The molecule has 7 rings (SSSR count). The van der Waals surface area contributed by atoms with Crippen LogP contribution < -0.4 is 0 Å². The predicted molar refractivity (Wildman–Crippen MR) is 139 cm³/mol. The van der Waals surface area contributed by atoms with Crippen molar-refractivity contribution in [1.29, 1.82) is 0 Å². The molecule has 0 saturated carbocycles. The lowest BCUT2D eigenvalue weighted by Gasteiger charge is -2.09. The summed E-state index contributed by atoms with van der Waals surface area (Å²) in [5.41, 5.74) is 1.86. The number of aromatic nitrogens is 4. The van der Waals surface area contributed by atoms with Gasteiger partial charge in [0.15, 0.2) is 0 Å². The Morgan fingerprint density at radius 3 is 1.09 bits per heavy atom. The Morgan fingerprint density at radius 2 is 0.676 bits per heavy atom. The number of benzene rings is 6. The van der Waals surface area contributed by atoms with Gasteiger partial charge in [-0.15, -0.1) is 20.4 Å². The summed E-state index contributed by atoms with van der Waals surface area (Å²) < 4.78 is 0. The van der Waals surface area contributed by atoms with Gasteiger partial charge >= 0.3 is 0 Å². The predicted octanol–water partition coefficient (Wildman–Crippen LogP) is 7.21. The van der Waals surface area contributed by atoms with Crippen LogP contribution in [0.15, 0.2) is 109 Å². The number of hydrogen-bond acceptors (Lipinski definition) is 4. The first-order valence-corrected chi connectivity index (χ1v) is 11.2. The van der Waals surface area contributed by atoms with Gasteiger partial charge < -0.3 is 0 Å². The highest BCUT2D eigenvalue weighted by molar-refractivity contribution is 6.05. The topological polar surface area (TPSA) is 51.6 Å². The highest BCUT2D eigenvalue weighted by Gasteiger charge is 2.13. The molecule has 4 heteroatoms. The van der Waals surface area contributed by atoms with Gasteiger partial charge in [0.2, 0.25) is 11.6 Å². The molecule has 1 aromatic heterocycles. The van der Waals surface area contributed by atoms with Gasteiger partial charge in [0.25, 0.3) is 0 Å². The van der Waals surface area contributed by atoms with Gasteiger partial charge in [-0.05, 0) is 67.4 Å². The number of hydrogen-bond donors (Lipinski definition) is 0. The number of nitrogens with zero attached hydrogens (tertiary/aromatic N) is 4. The van der Waals surface area contributed by atoms with E-state index in [0.717, 1.165) is 32.7 Å². The number of fused-ring (bicyclic) bond motifs is 4. The molecule has 7 aromatic rings. The minimum atomic E-state index is 0.523. The van der Waals surface area contributed by atoms with E-state index in [1.54, 1.807) is 0 Å². The average Bonchev–Trinajstić information content (AvgIpc) is 2.90. The van der Waals surface area contributed by atoms with E-state index in [9.17, 15) is 0 Å². The molecule has 0 aliphatic carbocycles. The Bertz CT molecular complexity index is 1720. The molecule has 4 nitrogen and oxygen atoms in total. The van der Waals surface area contributed by atoms with Crippen LogP contribution in [-0.2, 0) is 0 Å². The van der Waals surface area contributed by atoms with Crippen LogP contribution in [0.1, 0.15) is 0 Å². The molecule has 0 aliphatic heterocycles. The van der Waals surface area contributed by atoms with E-state index in [4.69, 9.17) is 0 Å². The van der Waals surface area contributed by atoms with Crippen LogP contribution in [0, 0.1) is 0 Å². The first-order chi connectivity index (χ1) is 16.8. The van der Waals surface area contributed by atoms with Gasteiger partial charge in [0.1, 0.15) is 0 Å². The summed E-state index contributed by atoms with van der Waals surface area (Å²) in [5.74, 6) is 1.05. The summed E-state index contributed by atoms with van der Waals surface area (Å²) in [6, 6.07) is 37.8. The van der Waals surface area contributed by atoms with E-state index in [0.29, 0.717) is 11.6 Å². The summed E-state index contributed by atoms with van der Waals surface area (Å²) in [5, 5.41) is 27.3. The largest absolute Gasteiger partial charge is 0.204 e. The molecule has 0 aliphatic rings. The zero-order chi connectivity index (χ0) is 22.5. The van der Waals surface area contributed by atoms with Crippen molar-refractivity contribution in [3.05, 3.63) is 109 Å². The van der Waals surface area contributed by atoms with Gasteiger partial charge in [-0.25, -0.2) is 0 Å². The third-order valence-electron chi connectivity index (χ3n) is 6.45. The van der Waals surface area contributed by atoms with Crippen molar-refractivity contribution < 1.29 is 0 Å². The third kappa shape index (κ3) is 3.00. The monoisotopic (exact) mass is 434 g/mol. The highest BCUT2D eigenvalue weighted by Crippen LogP contribution is 2.32. The van der Waals surface area contributed by atoms with Crippen LogP contribution in [0.4, 0.5) is 0 Å². The molecule has 6 aromatic carbocycles. The summed E-state index contributed by atoms with van der Waals surface area (Å²) in [6.07, 6.45) is 0. The Balaban J connectivity index is 1.36. The third-order valence-corrected chi connectivity index (χ3v) is 6.45. The minimum Gasteiger partial charge on any atom is -0.126 e. The standard InChI is InChI=1S/C30H18N4/c1-3-9-21-17-27-23(15-19(21)7-1)11-5-13-25(27)29-31-33-30(34-32-29)26-14-6-12-24-16-20-8-2-4-10-22(20)18-28(24)26/h1-18H. The molecule has 0 atom stereocenters. The molecule has 0 amide bonds. The SMILES string of the molecule is c1ccc2cc3c(-c4nnc(-c5cccc6cc7ccccc7cc56)nn4)cccc3cc2c1. The van der Waals surface area contributed by atoms with E-state index >= 15 is 0 Å². The first kappa shape index (κ1) is 18.8. The van der Waals surface area contributed by atoms with E-state index in [2.05, 4.69) is 105 Å². The lowest BCUT2D eigenvalue weighted by atomic mass is 9.99. The van der Waals surface area contributed by atoms with E-state index < -0.39 is 0 Å². The molecule has 0 unspecified atom stereocenters. The molecule has 1 heterocycles. The molecule has 0 N–H and O–H groups in total. The second-order valence-corrected chi connectivity index (χ2v) is 8.50. The molecule has 0 saturated heterocycles. The van der Waals surface area contributed by atoms with Crippen LogP contribution >= 0.6 is 0 Å². The Hall–Kier alpha value is -4.70. The second kappa shape index (κ2) is 7.42. The summed E-state index contributed by atoms with van der Waals surface area (Å²) in [7, 11) is 0. The molecule has 0 fully saturated rings. The van der Waals surface area contributed by atoms with Gasteiger partial charge in [0.05, 0.1) is 0 Å². The van der Waals surface area contributed by atoms with E-state index in [1.165, 1.54) is 21.5 Å². The van der Waals surface area contributed by atoms with Crippen LogP contribution in [0.3, 0.4) is 0 Å². The quantitative estimate of drug-likeness (QED) is 0.270. The molecule has 0 radical (unpaired) electrons. The fourth-order valence-electron chi connectivity index (χ4n) is 4.77. The minimum absolute atomic E-state index is 0.523. The molecule has 0 bridgehead atoms. The zero-order valence-electron chi connectivity index (χ0n) is 18.2. The van der Waals surface area contributed by atoms with E-state index in [-0.39, 0.29) is 0 Å². The fourth-order valence-corrected chi connectivity index (χ4v) is 4.77. The van der Waals surface area contributed by atoms with Crippen molar-refractivity contribution in [3.63, 3.8) is 0 Å². The second-order valence-electron chi connectivity index (χ2n) is 8.50. The van der Waals surface area contributed by atoms with Gasteiger partial charge in [-0.2, -0.15) is 0 Å². The van der Waals surface area contributed by atoms with Crippen molar-refractivity contribution >= 4 is 43.1 Å². The van der Waals surface area contributed by atoms with Crippen molar-refractivity contribution in [3.8, 4) is 22.8 Å². The van der Waals surface area contributed by atoms with Crippen LogP contribution in [0.5, 0.6) is 0 Å². The lowest BCUT2D eigenvalue weighted by molar-refractivity contribution is 0.878. The van der Waals surface area contributed by atoms with Crippen LogP contribution in [0.25, 0.3) is 65.9 Å². The Labute approximate surface area is 195 Å². The Kier molecular flexibility index (Phi) is 4.11. The van der Waals surface area contributed by atoms with Crippen molar-refractivity contribution in [2.45, 2.75) is 0 Å². The highest BCUT2D eigenvalue weighted by atomic mass is 15.3. The van der Waals surface area contributed by atoms with Crippen LogP contribution in [0.2, 0.25) is 0 Å². The summed E-state index contributed by atoms with van der Waals surface area (Å²) in [4.78, 5) is 0. The maximum atomic E-state index is 4.50. The number of rotatable bonds is 2. The first-order valence-electron chi connectivity index (χ1n) is 11.2. The van der Waals surface area contributed by atoms with Crippen LogP contribution in [-0.4, -0.2) is 20.4 Å². The smallest absolute Gasteiger partial charge is 0.126 e. The fraction of sp³-hybridized carbons (Fsp3) is 0. The van der Waals surface area contributed by atoms with Gasteiger partial charge in [0, 0.05) is 11.1 Å². The maximum Gasteiger partial charge on any atom is 0.204 e. The summed E-state index contributed by atoms with van der Waals surface area (Å²) in [6.45, 7) is 0. The molecule has 34 heavy (non-hydrogen) atoms. The van der Waals surface area contributed by atoms with E-state index in [1.807, 2.05) is 24.3 Å². The van der Waals surface area contributed by atoms with Crippen molar-refractivity contribution in [2.24, 2.45) is 0 Å². The maximum absolute atomic E-state index is 4.50. The Morgan fingerprint density at radius 1 is 0.324 bits per heavy atom. The molecule has 158 valence electrons. The zero-order valence-corrected chi connectivity index (χ0v) is 18.2. The van der Waals surface area contributed by atoms with Crippen molar-refractivity contribution in [2.75, 3.05) is 0 Å². The van der Waals surface area contributed by atoms with Gasteiger partial charge in [-0.1, -0.05) is 84.9 Å². The molecular weight excluding hydrogens is 416 g/mol. The average molecular weight is 435 g/mol. The summed E-state index contributed by atoms with van der Waals surface area (Å²) >= 11 is 0. The molecular formula is C30H18N4. The van der Waals surface area contributed by atoms with Crippen molar-refractivity contribution in [1.82, 2.24) is 20.4 Å². The van der Waals surface area contributed by atoms with Gasteiger partial charge in [-0.3, -0.25) is 0 Å². The molecule has 0 spiro atoms. The lowest BCUT2D eigenvalue weighted by Crippen LogP contribution is -2.00.